The van der Waals surface area contributed by atoms with Crippen LogP contribution in [0, 0.1) is 6.92 Å². The normalized spacial score (nSPS) is 14.4. The van der Waals surface area contributed by atoms with Gasteiger partial charge in [0.15, 0.2) is 0 Å². The monoisotopic (exact) mass is 401 g/mol. The van der Waals surface area contributed by atoms with E-state index in [9.17, 15) is 9.59 Å². The van der Waals surface area contributed by atoms with E-state index in [4.69, 9.17) is 16.3 Å². The second kappa shape index (κ2) is 9.11. The molecule has 1 saturated carbocycles. The van der Waals surface area contributed by atoms with E-state index in [0.717, 1.165) is 18.4 Å². The van der Waals surface area contributed by atoms with Crippen LogP contribution in [-0.4, -0.2) is 25.1 Å². The zero-order valence-corrected chi connectivity index (χ0v) is 16.8. The summed E-state index contributed by atoms with van der Waals surface area (Å²) in [6, 6.07) is 9.89. The standard InChI is InChI=1S/C22H24ClNO4/c1-14-19(23)12-16(13-20(14)28-18-6-4-3-5-7-18)21(25)24-17-10-8-15(9-11-17)22(26)27-2/h8-13,18H,3-7H2,1-2H3,(H,24,25). The second-order valence-electron chi connectivity index (χ2n) is 6.98. The maximum absolute atomic E-state index is 12.7. The van der Waals surface area contributed by atoms with Crippen molar-refractivity contribution in [3.8, 4) is 5.75 Å². The summed E-state index contributed by atoms with van der Waals surface area (Å²) in [6.45, 7) is 1.90. The topological polar surface area (TPSA) is 64.6 Å². The fourth-order valence-electron chi connectivity index (χ4n) is 3.28. The molecule has 1 aliphatic rings. The molecule has 0 spiro atoms. The van der Waals surface area contributed by atoms with Gasteiger partial charge in [0.1, 0.15) is 5.75 Å². The minimum Gasteiger partial charge on any atom is -0.490 e. The fraction of sp³-hybridized carbons (Fsp3) is 0.364. The minimum atomic E-state index is -0.423. The van der Waals surface area contributed by atoms with Gasteiger partial charge in [0.25, 0.3) is 5.91 Å². The fourth-order valence-corrected chi connectivity index (χ4v) is 3.49. The van der Waals surface area contributed by atoms with Gasteiger partial charge in [0.05, 0.1) is 18.8 Å². The molecule has 1 N–H and O–H groups in total. The first-order chi connectivity index (χ1) is 13.5. The van der Waals surface area contributed by atoms with Gasteiger partial charge in [-0.1, -0.05) is 18.0 Å². The lowest BCUT2D eigenvalue weighted by atomic mass is 9.97. The van der Waals surface area contributed by atoms with Crippen molar-refractivity contribution in [2.75, 3.05) is 12.4 Å². The summed E-state index contributed by atoms with van der Waals surface area (Å²) < 4.78 is 10.8. The van der Waals surface area contributed by atoms with Gasteiger partial charge in [0, 0.05) is 21.8 Å². The average molecular weight is 402 g/mol. The van der Waals surface area contributed by atoms with Gasteiger partial charge in [0.2, 0.25) is 0 Å². The molecule has 0 saturated heterocycles. The number of hydrogen-bond acceptors (Lipinski definition) is 4. The first-order valence-electron chi connectivity index (χ1n) is 9.44. The van der Waals surface area contributed by atoms with E-state index in [2.05, 4.69) is 10.1 Å². The van der Waals surface area contributed by atoms with Gasteiger partial charge in [-0.3, -0.25) is 4.79 Å². The molecule has 2 aromatic carbocycles. The molecule has 0 unspecified atom stereocenters. The molecule has 5 nitrogen and oxygen atoms in total. The Morgan fingerprint density at radius 1 is 1.04 bits per heavy atom. The van der Waals surface area contributed by atoms with Crippen LogP contribution in [0.5, 0.6) is 5.75 Å². The van der Waals surface area contributed by atoms with Gasteiger partial charge in [-0.05, 0) is 69.0 Å². The number of carbonyl (C=O) groups is 2. The molecule has 0 bridgehead atoms. The van der Waals surface area contributed by atoms with Crippen molar-refractivity contribution in [1.29, 1.82) is 0 Å². The first kappa shape index (κ1) is 20.2. The summed E-state index contributed by atoms with van der Waals surface area (Å²) in [5.74, 6) is -0.0560. The summed E-state index contributed by atoms with van der Waals surface area (Å²) in [6.07, 6.45) is 5.81. The summed E-state index contributed by atoms with van der Waals surface area (Å²) in [7, 11) is 1.33. The third-order valence-corrected chi connectivity index (χ3v) is 5.36. The third kappa shape index (κ3) is 4.84. The quantitative estimate of drug-likeness (QED) is 0.681. The molecule has 1 aliphatic carbocycles. The molecule has 0 radical (unpaired) electrons. The zero-order chi connectivity index (χ0) is 20.1. The van der Waals surface area contributed by atoms with E-state index in [0.29, 0.717) is 27.6 Å². The highest BCUT2D eigenvalue weighted by atomic mass is 35.5. The highest BCUT2D eigenvalue weighted by Crippen LogP contribution is 2.31. The molecule has 0 heterocycles. The Morgan fingerprint density at radius 2 is 1.71 bits per heavy atom. The van der Waals surface area contributed by atoms with E-state index < -0.39 is 5.97 Å². The van der Waals surface area contributed by atoms with Crippen LogP contribution in [0.2, 0.25) is 5.02 Å². The molecule has 6 heteroatoms. The average Bonchev–Trinajstić information content (AvgIpc) is 2.72. The number of esters is 1. The molecule has 2 aromatic rings. The van der Waals surface area contributed by atoms with Gasteiger partial charge >= 0.3 is 5.97 Å². The van der Waals surface area contributed by atoms with Crippen molar-refractivity contribution >= 4 is 29.2 Å². The van der Waals surface area contributed by atoms with Crippen LogP contribution in [-0.2, 0) is 4.74 Å². The Bertz CT molecular complexity index is 858. The molecule has 0 atom stereocenters. The molecule has 148 valence electrons. The number of anilines is 1. The van der Waals surface area contributed by atoms with Crippen LogP contribution in [0.3, 0.4) is 0 Å². The Balaban J connectivity index is 1.74. The number of nitrogens with one attached hydrogen (secondary N) is 1. The molecule has 28 heavy (non-hydrogen) atoms. The van der Waals surface area contributed by atoms with Crippen molar-refractivity contribution in [1.82, 2.24) is 0 Å². The number of hydrogen-bond donors (Lipinski definition) is 1. The zero-order valence-electron chi connectivity index (χ0n) is 16.1. The minimum absolute atomic E-state index is 0.174. The lowest BCUT2D eigenvalue weighted by molar-refractivity contribution is 0.0600. The van der Waals surface area contributed by atoms with Gasteiger partial charge in [-0.15, -0.1) is 0 Å². The summed E-state index contributed by atoms with van der Waals surface area (Å²) in [5.41, 5.74) is 2.26. The highest BCUT2D eigenvalue weighted by molar-refractivity contribution is 6.32. The van der Waals surface area contributed by atoms with E-state index >= 15 is 0 Å². The number of amides is 1. The van der Waals surface area contributed by atoms with Crippen LogP contribution in [0.4, 0.5) is 5.69 Å². The van der Waals surface area contributed by atoms with E-state index in [1.165, 1.54) is 26.4 Å². The Kier molecular flexibility index (Phi) is 6.57. The first-order valence-corrected chi connectivity index (χ1v) is 9.82. The number of halogens is 1. The number of ether oxygens (including phenoxy) is 2. The number of methoxy groups -OCH3 is 1. The Labute approximate surface area is 170 Å². The van der Waals surface area contributed by atoms with Crippen LogP contribution in [0.1, 0.15) is 58.4 Å². The third-order valence-electron chi connectivity index (χ3n) is 4.97. The van der Waals surface area contributed by atoms with Crippen molar-refractivity contribution < 1.29 is 19.1 Å². The number of rotatable bonds is 5. The number of carbonyl (C=O) groups excluding carboxylic acids is 2. The van der Waals surface area contributed by atoms with Crippen molar-refractivity contribution in [2.24, 2.45) is 0 Å². The molecule has 1 fully saturated rings. The molecular formula is C22H24ClNO4. The lowest BCUT2D eigenvalue weighted by Crippen LogP contribution is -2.20. The van der Waals surface area contributed by atoms with E-state index in [-0.39, 0.29) is 12.0 Å². The predicted molar refractivity (Wildman–Crippen MR) is 109 cm³/mol. The lowest BCUT2D eigenvalue weighted by Gasteiger charge is -2.24. The molecular weight excluding hydrogens is 378 g/mol. The van der Waals surface area contributed by atoms with E-state index in [1.54, 1.807) is 36.4 Å². The van der Waals surface area contributed by atoms with Crippen LogP contribution >= 0.6 is 11.6 Å². The van der Waals surface area contributed by atoms with Gasteiger partial charge in [-0.2, -0.15) is 0 Å². The van der Waals surface area contributed by atoms with Gasteiger partial charge < -0.3 is 14.8 Å². The molecule has 1 amide bonds. The van der Waals surface area contributed by atoms with Crippen molar-refractivity contribution in [3.63, 3.8) is 0 Å². The van der Waals surface area contributed by atoms with Crippen molar-refractivity contribution in [3.05, 3.63) is 58.1 Å². The second-order valence-corrected chi connectivity index (χ2v) is 7.39. The summed E-state index contributed by atoms with van der Waals surface area (Å²) in [5, 5.41) is 3.31. The SMILES string of the molecule is COC(=O)c1ccc(NC(=O)c2cc(Cl)c(C)c(OC3CCCCC3)c2)cc1. The predicted octanol–water partition coefficient (Wildman–Crippen LogP) is 5.40. The maximum Gasteiger partial charge on any atom is 0.337 e. The van der Waals surface area contributed by atoms with E-state index in [1.807, 2.05) is 6.92 Å². The highest BCUT2D eigenvalue weighted by Gasteiger charge is 2.19. The Hall–Kier alpha value is -2.53. The largest absolute Gasteiger partial charge is 0.490 e. The smallest absolute Gasteiger partial charge is 0.337 e. The summed E-state index contributed by atoms with van der Waals surface area (Å²) >= 11 is 6.34. The summed E-state index contributed by atoms with van der Waals surface area (Å²) in [4.78, 5) is 24.2. The van der Waals surface area contributed by atoms with Crippen molar-refractivity contribution in [2.45, 2.75) is 45.1 Å². The maximum atomic E-state index is 12.7. The van der Waals surface area contributed by atoms with Crippen LogP contribution in [0.15, 0.2) is 36.4 Å². The van der Waals surface area contributed by atoms with Crippen LogP contribution in [0.25, 0.3) is 0 Å². The Morgan fingerprint density at radius 3 is 2.36 bits per heavy atom. The molecule has 0 aliphatic heterocycles. The molecule has 3 rings (SSSR count). The van der Waals surface area contributed by atoms with Crippen LogP contribution < -0.4 is 10.1 Å². The van der Waals surface area contributed by atoms with Gasteiger partial charge in [-0.25, -0.2) is 4.79 Å². The number of benzene rings is 2. The molecule has 0 aromatic heterocycles.